The topological polar surface area (TPSA) is 107 Å². The van der Waals surface area contributed by atoms with Gasteiger partial charge in [-0.05, 0) is 6.92 Å². The number of nitrogens with zero attached hydrogens (tertiary/aromatic N) is 1. The Morgan fingerprint density at radius 2 is 2.00 bits per heavy atom. The maximum absolute atomic E-state index is 12.0. The summed E-state index contributed by atoms with van der Waals surface area (Å²) in [7, 11) is 0. The van der Waals surface area contributed by atoms with Crippen LogP contribution in [0.2, 0.25) is 0 Å². The van der Waals surface area contributed by atoms with Gasteiger partial charge in [0.05, 0.1) is 6.42 Å². The second-order valence-corrected chi connectivity index (χ2v) is 5.93. The summed E-state index contributed by atoms with van der Waals surface area (Å²) < 4.78 is 0. The number of carboxylic acids is 2. The molecule has 1 aliphatic rings. The van der Waals surface area contributed by atoms with Crippen LogP contribution in [0.4, 0.5) is 4.79 Å². The molecule has 1 saturated heterocycles. The predicted molar refractivity (Wildman–Crippen MR) is 70.3 cm³/mol. The Hall–Kier alpha value is -1.44. The van der Waals surface area contributed by atoms with Crippen LogP contribution in [0.25, 0.3) is 0 Å². The first-order valence-electron chi connectivity index (χ1n) is 5.96. The van der Waals surface area contributed by atoms with E-state index in [9.17, 15) is 14.4 Å². The summed E-state index contributed by atoms with van der Waals surface area (Å²) >= 11 is 1.75. The molecule has 8 heteroatoms. The molecular weight excluding hydrogens is 272 g/mol. The molecule has 7 nitrogen and oxygen atoms in total. The Bertz CT molecular complexity index is 376. The minimum atomic E-state index is -1.40. The van der Waals surface area contributed by atoms with Gasteiger partial charge in [0, 0.05) is 23.6 Å². The molecule has 0 saturated carbocycles. The van der Waals surface area contributed by atoms with E-state index < -0.39 is 30.4 Å². The third kappa shape index (κ3) is 4.30. The quantitative estimate of drug-likeness (QED) is 0.694. The van der Waals surface area contributed by atoms with Crippen molar-refractivity contribution in [2.75, 3.05) is 12.3 Å². The third-order valence-electron chi connectivity index (χ3n) is 3.12. The summed E-state index contributed by atoms with van der Waals surface area (Å²) in [6.45, 7) is 4.42. The molecule has 0 aromatic heterocycles. The predicted octanol–water partition coefficient (Wildman–Crippen LogP) is 0.450. The van der Waals surface area contributed by atoms with E-state index in [0.717, 1.165) is 5.75 Å². The number of nitrogens with one attached hydrogen (secondary N) is 1. The maximum atomic E-state index is 12.0. The Morgan fingerprint density at radius 3 is 2.53 bits per heavy atom. The van der Waals surface area contributed by atoms with Crippen molar-refractivity contribution in [2.24, 2.45) is 0 Å². The highest BCUT2D eigenvalue weighted by Gasteiger charge is 2.31. The van der Waals surface area contributed by atoms with Crippen LogP contribution in [0.5, 0.6) is 0 Å². The van der Waals surface area contributed by atoms with Crippen LogP contribution in [0.1, 0.15) is 20.3 Å². The van der Waals surface area contributed by atoms with Gasteiger partial charge < -0.3 is 20.4 Å². The van der Waals surface area contributed by atoms with Gasteiger partial charge in [-0.2, -0.15) is 11.8 Å². The van der Waals surface area contributed by atoms with Gasteiger partial charge in [-0.25, -0.2) is 9.59 Å². The summed E-state index contributed by atoms with van der Waals surface area (Å²) in [5.74, 6) is -1.82. The van der Waals surface area contributed by atoms with Crippen molar-refractivity contribution in [3.8, 4) is 0 Å². The van der Waals surface area contributed by atoms with Crippen molar-refractivity contribution in [1.29, 1.82) is 0 Å². The molecule has 0 aromatic carbocycles. The second kappa shape index (κ2) is 6.65. The molecule has 1 aliphatic heterocycles. The van der Waals surface area contributed by atoms with Gasteiger partial charge in [-0.1, -0.05) is 6.92 Å². The van der Waals surface area contributed by atoms with Crippen LogP contribution in [0.3, 0.4) is 0 Å². The zero-order chi connectivity index (χ0) is 14.6. The molecule has 1 heterocycles. The fourth-order valence-corrected chi connectivity index (χ4v) is 2.93. The van der Waals surface area contributed by atoms with E-state index in [1.807, 2.05) is 13.8 Å². The minimum absolute atomic E-state index is 0.0157. The number of rotatable bonds is 4. The van der Waals surface area contributed by atoms with Crippen molar-refractivity contribution in [3.63, 3.8) is 0 Å². The second-order valence-electron chi connectivity index (χ2n) is 4.45. The standard InChI is InChI=1S/C11H18N2O5S/c1-6-7(2)19-4-3-13(6)11(18)12-8(10(16)17)5-9(14)15/h6-8H,3-5H2,1-2H3,(H,12,18)(H,14,15)(H,16,17)/t6?,7?,8-/m1/s1. The van der Waals surface area contributed by atoms with E-state index in [4.69, 9.17) is 10.2 Å². The Balaban J connectivity index is 2.65. The summed E-state index contributed by atoms with van der Waals surface area (Å²) in [4.78, 5) is 35.0. The summed E-state index contributed by atoms with van der Waals surface area (Å²) in [5.41, 5.74) is 0. The lowest BCUT2D eigenvalue weighted by atomic mass is 10.2. The number of hydrogen-bond donors (Lipinski definition) is 3. The Labute approximate surface area is 115 Å². The largest absolute Gasteiger partial charge is 0.481 e. The molecule has 3 N–H and O–H groups in total. The summed E-state index contributed by atoms with van der Waals surface area (Å²) in [5, 5.41) is 20.0. The number of aliphatic carboxylic acids is 2. The van der Waals surface area contributed by atoms with Crippen molar-refractivity contribution < 1.29 is 24.6 Å². The zero-order valence-electron chi connectivity index (χ0n) is 10.8. The fraction of sp³-hybridized carbons (Fsp3) is 0.727. The molecule has 0 bridgehead atoms. The monoisotopic (exact) mass is 290 g/mol. The molecule has 19 heavy (non-hydrogen) atoms. The molecule has 1 fully saturated rings. The van der Waals surface area contributed by atoms with Crippen LogP contribution in [0.15, 0.2) is 0 Å². The first-order chi connectivity index (χ1) is 8.82. The van der Waals surface area contributed by atoms with Crippen LogP contribution in [-0.2, 0) is 9.59 Å². The van der Waals surface area contributed by atoms with E-state index in [-0.39, 0.29) is 11.3 Å². The maximum Gasteiger partial charge on any atom is 0.326 e. The van der Waals surface area contributed by atoms with Gasteiger partial charge in [0.25, 0.3) is 0 Å². The highest BCUT2D eigenvalue weighted by atomic mass is 32.2. The van der Waals surface area contributed by atoms with Crippen LogP contribution >= 0.6 is 11.8 Å². The number of amides is 2. The van der Waals surface area contributed by atoms with Gasteiger partial charge in [0.15, 0.2) is 0 Å². The minimum Gasteiger partial charge on any atom is -0.481 e. The lowest BCUT2D eigenvalue weighted by Gasteiger charge is -2.37. The van der Waals surface area contributed by atoms with Gasteiger partial charge in [0.1, 0.15) is 6.04 Å². The smallest absolute Gasteiger partial charge is 0.326 e. The third-order valence-corrected chi connectivity index (χ3v) is 4.46. The highest BCUT2D eigenvalue weighted by Crippen LogP contribution is 2.24. The van der Waals surface area contributed by atoms with E-state index in [1.165, 1.54) is 0 Å². The number of urea groups is 1. The number of carboxylic acid groups (broad SMARTS) is 2. The van der Waals surface area contributed by atoms with Crippen molar-refractivity contribution in [2.45, 2.75) is 37.6 Å². The van der Waals surface area contributed by atoms with Gasteiger partial charge in [-0.15, -0.1) is 0 Å². The van der Waals surface area contributed by atoms with Crippen LogP contribution < -0.4 is 5.32 Å². The van der Waals surface area contributed by atoms with E-state index in [2.05, 4.69) is 5.32 Å². The number of thioether (sulfide) groups is 1. The molecule has 0 aliphatic carbocycles. The first-order valence-corrected chi connectivity index (χ1v) is 7.01. The van der Waals surface area contributed by atoms with E-state index >= 15 is 0 Å². The zero-order valence-corrected chi connectivity index (χ0v) is 11.6. The van der Waals surface area contributed by atoms with Crippen molar-refractivity contribution in [3.05, 3.63) is 0 Å². The molecule has 0 spiro atoms. The average Bonchev–Trinajstić information content (AvgIpc) is 2.31. The lowest BCUT2D eigenvalue weighted by molar-refractivity contribution is -0.145. The Kier molecular flexibility index (Phi) is 5.46. The number of carbonyl (C=O) groups excluding carboxylic acids is 1. The number of carbonyl (C=O) groups is 3. The normalized spacial score (nSPS) is 24.6. The highest BCUT2D eigenvalue weighted by molar-refractivity contribution is 8.00. The molecule has 1 rings (SSSR count). The summed E-state index contributed by atoms with van der Waals surface area (Å²) in [6, 6.07) is -1.94. The van der Waals surface area contributed by atoms with Crippen LogP contribution in [-0.4, -0.2) is 62.7 Å². The molecular formula is C11H18N2O5S. The van der Waals surface area contributed by atoms with Gasteiger partial charge >= 0.3 is 18.0 Å². The van der Waals surface area contributed by atoms with Gasteiger partial charge in [-0.3, -0.25) is 4.79 Å². The molecule has 3 atom stereocenters. The molecule has 108 valence electrons. The number of hydrogen-bond acceptors (Lipinski definition) is 4. The summed E-state index contributed by atoms with van der Waals surface area (Å²) in [6.07, 6.45) is -0.631. The molecule has 0 radical (unpaired) electrons. The van der Waals surface area contributed by atoms with Crippen molar-refractivity contribution >= 4 is 29.7 Å². The molecule has 2 amide bonds. The van der Waals surface area contributed by atoms with Crippen molar-refractivity contribution in [1.82, 2.24) is 10.2 Å². The first kappa shape index (κ1) is 15.6. The molecule has 2 unspecified atom stereocenters. The van der Waals surface area contributed by atoms with E-state index in [0.29, 0.717) is 6.54 Å². The molecule has 0 aromatic rings. The average molecular weight is 290 g/mol. The SMILES string of the molecule is CC1SCCN(C(=O)N[C@H](CC(=O)O)C(=O)O)C1C. The van der Waals surface area contributed by atoms with Crippen LogP contribution in [0, 0.1) is 0 Å². The fourth-order valence-electron chi connectivity index (χ4n) is 1.83. The van der Waals surface area contributed by atoms with Gasteiger partial charge in [0.2, 0.25) is 0 Å². The lowest BCUT2D eigenvalue weighted by Crippen LogP contribution is -2.55. The Morgan fingerprint density at radius 1 is 1.37 bits per heavy atom. The van der Waals surface area contributed by atoms with E-state index in [1.54, 1.807) is 16.7 Å².